The highest BCUT2D eigenvalue weighted by molar-refractivity contribution is 7.92. The molecule has 3 rings (SSSR count). The zero-order valence-corrected chi connectivity index (χ0v) is 14.6. The maximum absolute atomic E-state index is 12.3. The molecule has 1 N–H and O–H groups in total. The molecular formula is C17H15N3O5S. The molecule has 0 spiro atoms. The lowest BCUT2D eigenvalue weighted by atomic mass is 10.2. The van der Waals surface area contributed by atoms with E-state index in [0.717, 1.165) is 10.6 Å². The molecule has 0 aromatic heterocycles. The number of carbonyl (C=O) groups excluding carboxylic acids is 1. The van der Waals surface area contributed by atoms with Gasteiger partial charge in [0.15, 0.2) is 11.5 Å². The lowest BCUT2D eigenvalue weighted by Crippen LogP contribution is -2.37. The number of carbonyl (C=O) groups is 1. The van der Waals surface area contributed by atoms with E-state index in [9.17, 15) is 13.2 Å². The SMILES string of the molecule is CS(=O)(=O)N(CC(=O)Nc1ccc2c(c1)OCO2)c1ccc(C#N)cc1. The molecule has 2 aromatic carbocycles. The van der Waals surface area contributed by atoms with Gasteiger partial charge in [0.1, 0.15) is 6.54 Å². The fraction of sp³-hybridized carbons (Fsp3) is 0.176. The molecule has 0 bridgehead atoms. The molecule has 2 aromatic rings. The molecule has 1 aliphatic heterocycles. The van der Waals surface area contributed by atoms with Crippen molar-refractivity contribution in [3.63, 3.8) is 0 Å². The predicted octanol–water partition coefficient (Wildman–Crippen LogP) is 1.69. The first kappa shape index (κ1) is 17.6. The number of ether oxygens (including phenoxy) is 2. The number of nitrogens with zero attached hydrogens (tertiary/aromatic N) is 2. The molecular weight excluding hydrogens is 358 g/mol. The van der Waals surface area contributed by atoms with Crippen molar-refractivity contribution in [3.05, 3.63) is 48.0 Å². The Balaban J connectivity index is 1.76. The molecule has 1 aliphatic rings. The lowest BCUT2D eigenvalue weighted by Gasteiger charge is -2.22. The van der Waals surface area contributed by atoms with Gasteiger partial charge in [0.25, 0.3) is 0 Å². The molecule has 8 nitrogen and oxygen atoms in total. The van der Waals surface area contributed by atoms with Gasteiger partial charge in [0.05, 0.1) is 23.6 Å². The van der Waals surface area contributed by atoms with E-state index in [0.29, 0.717) is 28.4 Å². The van der Waals surface area contributed by atoms with Gasteiger partial charge in [0, 0.05) is 11.8 Å². The van der Waals surface area contributed by atoms with Crippen molar-refractivity contribution in [2.24, 2.45) is 0 Å². The molecule has 0 radical (unpaired) electrons. The van der Waals surface area contributed by atoms with E-state index in [2.05, 4.69) is 5.32 Å². The van der Waals surface area contributed by atoms with Crippen molar-refractivity contribution in [2.75, 3.05) is 29.2 Å². The Hall–Kier alpha value is -3.25. The highest BCUT2D eigenvalue weighted by atomic mass is 32.2. The number of amides is 1. The van der Waals surface area contributed by atoms with Gasteiger partial charge in [0.2, 0.25) is 22.7 Å². The molecule has 0 fully saturated rings. The number of sulfonamides is 1. The number of nitriles is 1. The van der Waals surface area contributed by atoms with Crippen LogP contribution in [0.1, 0.15) is 5.56 Å². The average Bonchev–Trinajstić information content (AvgIpc) is 3.06. The topological polar surface area (TPSA) is 109 Å². The van der Waals surface area contributed by atoms with E-state index in [1.54, 1.807) is 18.2 Å². The van der Waals surface area contributed by atoms with Crippen molar-refractivity contribution in [1.82, 2.24) is 0 Å². The van der Waals surface area contributed by atoms with Crippen LogP contribution in [0.25, 0.3) is 0 Å². The van der Waals surface area contributed by atoms with E-state index in [-0.39, 0.29) is 6.79 Å². The standard InChI is InChI=1S/C17H15N3O5S/c1-26(22,23)20(14-5-2-12(9-18)3-6-14)10-17(21)19-13-4-7-15-16(8-13)25-11-24-15/h2-8H,10-11H2,1H3,(H,19,21). The zero-order chi connectivity index (χ0) is 18.7. The Morgan fingerprint density at radius 3 is 2.54 bits per heavy atom. The minimum atomic E-state index is -3.69. The average molecular weight is 373 g/mol. The van der Waals surface area contributed by atoms with Crippen molar-refractivity contribution in [2.45, 2.75) is 0 Å². The van der Waals surface area contributed by atoms with Crippen molar-refractivity contribution in [1.29, 1.82) is 5.26 Å². The largest absolute Gasteiger partial charge is 0.454 e. The van der Waals surface area contributed by atoms with Crippen molar-refractivity contribution < 1.29 is 22.7 Å². The van der Waals surface area contributed by atoms with Crippen LogP contribution in [-0.4, -0.2) is 33.9 Å². The molecule has 1 heterocycles. The van der Waals surface area contributed by atoms with Gasteiger partial charge in [-0.2, -0.15) is 5.26 Å². The van der Waals surface area contributed by atoms with Crippen molar-refractivity contribution in [3.8, 4) is 17.6 Å². The number of hydrogen-bond acceptors (Lipinski definition) is 6. The highest BCUT2D eigenvalue weighted by Gasteiger charge is 2.21. The molecule has 26 heavy (non-hydrogen) atoms. The third-order valence-electron chi connectivity index (χ3n) is 3.63. The summed E-state index contributed by atoms with van der Waals surface area (Å²) in [5.74, 6) is 0.576. The number of fused-ring (bicyclic) bond motifs is 1. The van der Waals surface area contributed by atoms with E-state index in [1.807, 2.05) is 6.07 Å². The van der Waals surface area contributed by atoms with Crippen LogP contribution in [0.4, 0.5) is 11.4 Å². The maximum atomic E-state index is 12.3. The summed E-state index contributed by atoms with van der Waals surface area (Å²) in [6, 6.07) is 12.8. The summed E-state index contributed by atoms with van der Waals surface area (Å²) in [5, 5.41) is 11.5. The van der Waals surface area contributed by atoms with Crippen LogP contribution in [0.3, 0.4) is 0 Å². The molecule has 1 amide bonds. The first-order valence-electron chi connectivity index (χ1n) is 7.54. The van der Waals surface area contributed by atoms with Gasteiger partial charge in [-0.1, -0.05) is 0 Å². The van der Waals surface area contributed by atoms with Crippen LogP contribution in [0.5, 0.6) is 11.5 Å². The number of nitrogens with one attached hydrogen (secondary N) is 1. The number of benzene rings is 2. The van der Waals surface area contributed by atoms with Crippen LogP contribution >= 0.6 is 0 Å². The number of hydrogen-bond donors (Lipinski definition) is 1. The Kier molecular flexibility index (Phi) is 4.69. The summed E-state index contributed by atoms with van der Waals surface area (Å²) < 4.78 is 35.6. The van der Waals surface area contributed by atoms with E-state index >= 15 is 0 Å². The fourth-order valence-electron chi connectivity index (χ4n) is 2.41. The summed E-state index contributed by atoms with van der Waals surface area (Å²) in [5.41, 5.74) is 1.16. The van der Waals surface area contributed by atoms with Gasteiger partial charge < -0.3 is 14.8 Å². The van der Waals surface area contributed by atoms with Crippen LogP contribution in [0.15, 0.2) is 42.5 Å². The molecule has 0 saturated heterocycles. The Morgan fingerprint density at radius 1 is 1.19 bits per heavy atom. The molecule has 0 atom stereocenters. The quantitative estimate of drug-likeness (QED) is 0.854. The van der Waals surface area contributed by atoms with E-state index in [4.69, 9.17) is 14.7 Å². The number of anilines is 2. The second kappa shape index (κ2) is 6.93. The molecule has 9 heteroatoms. The van der Waals surface area contributed by atoms with Gasteiger partial charge in [-0.3, -0.25) is 9.10 Å². The van der Waals surface area contributed by atoms with Crippen LogP contribution < -0.4 is 19.1 Å². The molecule has 0 aliphatic carbocycles. The minimum absolute atomic E-state index is 0.118. The van der Waals surface area contributed by atoms with Gasteiger partial charge in [-0.05, 0) is 36.4 Å². The van der Waals surface area contributed by atoms with Gasteiger partial charge in [-0.25, -0.2) is 8.42 Å². The number of rotatable bonds is 5. The summed E-state index contributed by atoms with van der Waals surface area (Å²) in [4.78, 5) is 12.3. The third-order valence-corrected chi connectivity index (χ3v) is 4.77. The summed E-state index contributed by atoms with van der Waals surface area (Å²) >= 11 is 0. The van der Waals surface area contributed by atoms with Gasteiger partial charge >= 0.3 is 0 Å². The first-order chi connectivity index (χ1) is 12.4. The first-order valence-corrected chi connectivity index (χ1v) is 9.39. The lowest BCUT2D eigenvalue weighted by molar-refractivity contribution is -0.114. The Bertz CT molecular complexity index is 980. The molecule has 0 unspecified atom stereocenters. The van der Waals surface area contributed by atoms with Crippen LogP contribution in [0.2, 0.25) is 0 Å². The van der Waals surface area contributed by atoms with E-state index in [1.165, 1.54) is 24.3 Å². The minimum Gasteiger partial charge on any atom is -0.454 e. The third kappa shape index (κ3) is 3.87. The summed E-state index contributed by atoms with van der Waals surface area (Å²) in [6.45, 7) is -0.285. The highest BCUT2D eigenvalue weighted by Crippen LogP contribution is 2.34. The van der Waals surface area contributed by atoms with Crippen molar-refractivity contribution >= 4 is 27.3 Å². The van der Waals surface area contributed by atoms with Gasteiger partial charge in [-0.15, -0.1) is 0 Å². The summed E-state index contributed by atoms with van der Waals surface area (Å²) in [6.07, 6.45) is 1.01. The fourth-order valence-corrected chi connectivity index (χ4v) is 3.26. The van der Waals surface area contributed by atoms with Crippen LogP contribution in [-0.2, 0) is 14.8 Å². The smallest absolute Gasteiger partial charge is 0.245 e. The zero-order valence-electron chi connectivity index (χ0n) is 13.8. The maximum Gasteiger partial charge on any atom is 0.245 e. The monoisotopic (exact) mass is 373 g/mol. The normalized spacial score (nSPS) is 12.3. The second-order valence-corrected chi connectivity index (χ2v) is 7.45. The van der Waals surface area contributed by atoms with Crippen LogP contribution in [0, 0.1) is 11.3 Å². The Labute approximate surface area is 150 Å². The summed E-state index contributed by atoms with van der Waals surface area (Å²) in [7, 11) is -3.69. The van der Waals surface area contributed by atoms with E-state index < -0.39 is 22.5 Å². The Morgan fingerprint density at radius 2 is 1.88 bits per heavy atom. The molecule has 0 saturated carbocycles. The molecule has 134 valence electrons. The second-order valence-electron chi connectivity index (χ2n) is 5.54. The predicted molar refractivity (Wildman–Crippen MR) is 94.5 cm³/mol.